The molecule has 1 heterocycles. The van der Waals surface area contributed by atoms with Crippen LogP contribution in [0.15, 0.2) is 22.7 Å². The molecule has 19 heavy (non-hydrogen) atoms. The van der Waals surface area contributed by atoms with Crippen molar-refractivity contribution >= 4 is 21.6 Å². The fourth-order valence-electron chi connectivity index (χ4n) is 3.27. The third-order valence-corrected chi connectivity index (χ3v) is 5.28. The van der Waals surface area contributed by atoms with Crippen LogP contribution in [-0.2, 0) is 0 Å². The van der Waals surface area contributed by atoms with Crippen molar-refractivity contribution in [3.63, 3.8) is 0 Å². The van der Waals surface area contributed by atoms with Crippen LogP contribution in [-0.4, -0.2) is 24.7 Å². The van der Waals surface area contributed by atoms with E-state index in [0.717, 1.165) is 19.0 Å². The average Bonchev–Trinajstić information content (AvgIpc) is 3.20. The van der Waals surface area contributed by atoms with Gasteiger partial charge in [0.15, 0.2) is 0 Å². The molecule has 0 spiro atoms. The number of halogens is 1. The molecule has 2 fully saturated rings. The van der Waals surface area contributed by atoms with E-state index in [0.29, 0.717) is 11.6 Å². The number of nitrogens with zero attached hydrogens (tertiary/aromatic N) is 1. The van der Waals surface area contributed by atoms with Crippen molar-refractivity contribution < 1.29 is 0 Å². The van der Waals surface area contributed by atoms with Crippen molar-refractivity contribution in [1.82, 2.24) is 5.32 Å². The van der Waals surface area contributed by atoms with Gasteiger partial charge in [-0.1, -0.05) is 22.0 Å². The molecule has 1 saturated heterocycles. The van der Waals surface area contributed by atoms with Gasteiger partial charge in [0.2, 0.25) is 0 Å². The number of nitrogens with one attached hydrogen (secondary N) is 1. The van der Waals surface area contributed by atoms with Gasteiger partial charge >= 0.3 is 0 Å². The molecule has 1 aliphatic heterocycles. The van der Waals surface area contributed by atoms with Crippen molar-refractivity contribution in [3.05, 3.63) is 28.2 Å². The number of piperazine rings is 1. The Kier molecular flexibility index (Phi) is 3.38. The fraction of sp³-hybridized carbons (Fsp3) is 0.625. The van der Waals surface area contributed by atoms with Gasteiger partial charge in [-0.05, 0) is 57.2 Å². The maximum Gasteiger partial charge on any atom is 0.0410 e. The number of hydrogen-bond donors (Lipinski definition) is 1. The number of anilines is 1. The van der Waals surface area contributed by atoms with Crippen LogP contribution in [0.3, 0.4) is 0 Å². The van der Waals surface area contributed by atoms with E-state index in [2.05, 4.69) is 65.1 Å². The summed E-state index contributed by atoms with van der Waals surface area (Å²) in [5.41, 5.74) is 3.05. The minimum absolute atomic E-state index is 0.293. The van der Waals surface area contributed by atoms with Gasteiger partial charge in [-0.25, -0.2) is 0 Å². The smallest absolute Gasteiger partial charge is 0.0410 e. The number of benzene rings is 1. The monoisotopic (exact) mass is 322 g/mol. The van der Waals surface area contributed by atoms with Crippen molar-refractivity contribution in [3.8, 4) is 0 Å². The second-order valence-corrected chi connectivity index (χ2v) is 7.40. The van der Waals surface area contributed by atoms with Crippen molar-refractivity contribution in [1.29, 1.82) is 0 Å². The Hall–Kier alpha value is -0.540. The summed E-state index contributed by atoms with van der Waals surface area (Å²) >= 11 is 3.61. The van der Waals surface area contributed by atoms with Crippen LogP contribution in [0.2, 0.25) is 0 Å². The van der Waals surface area contributed by atoms with Crippen molar-refractivity contribution in [2.45, 2.75) is 45.2 Å². The third-order valence-electron chi connectivity index (χ3n) is 4.79. The normalized spacial score (nSPS) is 31.6. The second kappa shape index (κ2) is 4.78. The second-order valence-electron chi connectivity index (χ2n) is 6.48. The van der Waals surface area contributed by atoms with E-state index >= 15 is 0 Å². The van der Waals surface area contributed by atoms with Gasteiger partial charge in [-0.2, -0.15) is 0 Å². The maximum atomic E-state index is 3.79. The molecule has 1 saturated carbocycles. The molecule has 0 aromatic heterocycles. The van der Waals surface area contributed by atoms with E-state index < -0.39 is 0 Å². The zero-order valence-corrected chi connectivity index (χ0v) is 13.6. The first-order valence-corrected chi connectivity index (χ1v) is 8.07. The molecule has 1 aliphatic carbocycles. The molecular formula is C16H23BrN2. The van der Waals surface area contributed by atoms with Gasteiger partial charge in [0.25, 0.3) is 0 Å². The van der Waals surface area contributed by atoms with Crippen LogP contribution in [0.5, 0.6) is 0 Å². The Bertz CT molecular complexity index is 484. The molecule has 104 valence electrons. The zero-order chi connectivity index (χ0) is 13.6. The summed E-state index contributed by atoms with van der Waals surface area (Å²) in [6.45, 7) is 9.14. The summed E-state index contributed by atoms with van der Waals surface area (Å²) < 4.78 is 1.17. The minimum Gasteiger partial charge on any atom is -0.365 e. The summed E-state index contributed by atoms with van der Waals surface area (Å²) in [5.74, 6) is 0.870. The van der Waals surface area contributed by atoms with E-state index in [1.807, 2.05) is 0 Å². The van der Waals surface area contributed by atoms with Crippen LogP contribution in [0.25, 0.3) is 0 Å². The zero-order valence-electron chi connectivity index (χ0n) is 12.0. The van der Waals surface area contributed by atoms with Gasteiger partial charge in [-0.3, -0.25) is 0 Å². The van der Waals surface area contributed by atoms with Crippen LogP contribution in [0.1, 0.15) is 32.3 Å². The number of rotatable bonds is 2. The van der Waals surface area contributed by atoms with Crippen LogP contribution in [0.4, 0.5) is 5.69 Å². The predicted octanol–water partition coefficient (Wildman–Crippen LogP) is 3.72. The molecule has 2 nitrogen and oxygen atoms in total. The standard InChI is InChI=1S/C16H23BrN2/c1-11-4-7-14(17)8-15(11)19-10-16(3,13-5-6-13)18-9-12(19)2/h4,7-8,12-13,18H,5-6,9-10H2,1-3H3. The Morgan fingerprint density at radius 3 is 2.79 bits per heavy atom. The summed E-state index contributed by atoms with van der Waals surface area (Å²) in [5, 5.41) is 3.79. The summed E-state index contributed by atoms with van der Waals surface area (Å²) in [6, 6.07) is 7.17. The molecule has 0 radical (unpaired) electrons. The van der Waals surface area contributed by atoms with Gasteiger partial charge in [0, 0.05) is 34.8 Å². The molecule has 1 aromatic rings. The Morgan fingerprint density at radius 1 is 1.37 bits per heavy atom. The molecule has 1 N–H and O–H groups in total. The summed E-state index contributed by atoms with van der Waals surface area (Å²) in [7, 11) is 0. The first-order chi connectivity index (χ1) is 8.99. The van der Waals surface area contributed by atoms with E-state index in [-0.39, 0.29) is 0 Å². The SMILES string of the molecule is Cc1ccc(Br)cc1N1CC(C)(C2CC2)NCC1C. The topological polar surface area (TPSA) is 15.3 Å². The highest BCUT2D eigenvalue weighted by Crippen LogP contribution is 2.42. The molecule has 3 heteroatoms. The molecule has 2 unspecified atom stereocenters. The minimum atomic E-state index is 0.293. The highest BCUT2D eigenvalue weighted by molar-refractivity contribution is 9.10. The Morgan fingerprint density at radius 2 is 2.11 bits per heavy atom. The molecule has 0 bridgehead atoms. The van der Waals surface area contributed by atoms with Gasteiger partial charge in [0.1, 0.15) is 0 Å². The fourth-order valence-corrected chi connectivity index (χ4v) is 3.61. The first kappa shape index (κ1) is 13.4. The van der Waals surface area contributed by atoms with Crippen LogP contribution < -0.4 is 10.2 Å². The number of aryl methyl sites for hydroxylation is 1. The lowest BCUT2D eigenvalue weighted by Crippen LogP contribution is -2.63. The van der Waals surface area contributed by atoms with Crippen molar-refractivity contribution in [2.24, 2.45) is 5.92 Å². The van der Waals surface area contributed by atoms with E-state index in [4.69, 9.17) is 0 Å². The molecule has 0 amide bonds. The van der Waals surface area contributed by atoms with Gasteiger partial charge < -0.3 is 10.2 Å². The van der Waals surface area contributed by atoms with Crippen LogP contribution >= 0.6 is 15.9 Å². The van der Waals surface area contributed by atoms with E-state index in [9.17, 15) is 0 Å². The lowest BCUT2D eigenvalue weighted by Gasteiger charge is -2.47. The molecular weight excluding hydrogens is 300 g/mol. The Labute approximate surface area is 124 Å². The van der Waals surface area contributed by atoms with E-state index in [1.54, 1.807) is 0 Å². The lowest BCUT2D eigenvalue weighted by atomic mass is 9.90. The highest BCUT2D eigenvalue weighted by atomic mass is 79.9. The van der Waals surface area contributed by atoms with Crippen molar-refractivity contribution in [2.75, 3.05) is 18.0 Å². The molecule has 3 rings (SSSR count). The van der Waals surface area contributed by atoms with Crippen LogP contribution in [0, 0.1) is 12.8 Å². The largest absolute Gasteiger partial charge is 0.365 e. The maximum absolute atomic E-state index is 3.79. The predicted molar refractivity (Wildman–Crippen MR) is 84.8 cm³/mol. The van der Waals surface area contributed by atoms with Gasteiger partial charge in [0.05, 0.1) is 0 Å². The highest BCUT2D eigenvalue weighted by Gasteiger charge is 2.45. The molecule has 1 aromatic carbocycles. The Balaban J connectivity index is 1.90. The van der Waals surface area contributed by atoms with E-state index in [1.165, 1.54) is 28.6 Å². The average molecular weight is 323 g/mol. The van der Waals surface area contributed by atoms with Gasteiger partial charge in [-0.15, -0.1) is 0 Å². The third kappa shape index (κ3) is 2.55. The number of hydrogen-bond acceptors (Lipinski definition) is 2. The lowest BCUT2D eigenvalue weighted by molar-refractivity contribution is 0.260. The summed E-state index contributed by atoms with van der Waals surface area (Å²) in [4.78, 5) is 2.59. The molecule has 2 aliphatic rings. The summed E-state index contributed by atoms with van der Waals surface area (Å²) in [6.07, 6.45) is 2.78. The quantitative estimate of drug-likeness (QED) is 0.892. The molecule has 2 atom stereocenters. The first-order valence-electron chi connectivity index (χ1n) is 7.27.